The highest BCUT2D eigenvalue weighted by Crippen LogP contribution is 2.53. The maximum absolute atomic E-state index is 15.4. The number of carbonyl (C=O) groups is 2. The van der Waals surface area contributed by atoms with E-state index in [9.17, 15) is 28.0 Å². The van der Waals surface area contributed by atoms with Crippen molar-refractivity contribution in [2.45, 2.75) is 56.8 Å². The van der Waals surface area contributed by atoms with Crippen molar-refractivity contribution >= 4 is 46.7 Å². The molecular weight excluding hydrogens is 559 g/mol. The van der Waals surface area contributed by atoms with Gasteiger partial charge in [0.15, 0.2) is 0 Å². The van der Waals surface area contributed by atoms with Gasteiger partial charge in [0, 0.05) is 22.0 Å². The van der Waals surface area contributed by atoms with E-state index >= 15 is 4.39 Å². The number of hydrogen-bond acceptors (Lipinski definition) is 5. The third-order valence-corrected chi connectivity index (χ3v) is 6.97. The zero-order valence-corrected chi connectivity index (χ0v) is 22.0. The van der Waals surface area contributed by atoms with Crippen molar-refractivity contribution in [3.05, 3.63) is 68.4 Å². The molecule has 1 fully saturated rings. The summed E-state index contributed by atoms with van der Waals surface area (Å²) in [4.78, 5) is 24.6. The monoisotopic (exact) mass is 578 g/mol. The molecule has 1 aliphatic rings. The highest BCUT2D eigenvalue weighted by atomic mass is 35.5. The fourth-order valence-corrected chi connectivity index (χ4v) is 5.49. The van der Waals surface area contributed by atoms with Crippen LogP contribution in [0.1, 0.15) is 44.2 Å². The Labute approximate surface area is 225 Å². The van der Waals surface area contributed by atoms with Crippen molar-refractivity contribution in [1.82, 2.24) is 5.32 Å². The minimum atomic E-state index is -5.46. The zero-order chi connectivity index (χ0) is 27.9. The molecule has 1 N–H and O–H groups in total. The van der Waals surface area contributed by atoms with Crippen LogP contribution in [0.3, 0.4) is 0 Å². The summed E-state index contributed by atoms with van der Waals surface area (Å²) in [7, 11) is 0. The molecule has 5 nitrogen and oxygen atoms in total. The zero-order valence-electron chi connectivity index (χ0n) is 19.7. The Hall–Kier alpha value is -2.38. The SMILES string of the molecule is CC(C)(C)C[C@@H]1N[C@@H](C(=O)OC(=O)C(F)(F)F)[C@H](c2cccc(Cl)c2F)[C@@]1(C#N)c1ccc(Cl)cc1Cl. The van der Waals surface area contributed by atoms with Crippen LogP contribution < -0.4 is 5.32 Å². The van der Waals surface area contributed by atoms with E-state index < -0.39 is 52.8 Å². The molecule has 0 unspecified atom stereocenters. The molecule has 3 rings (SSSR count). The van der Waals surface area contributed by atoms with Crippen LogP contribution in [-0.4, -0.2) is 30.2 Å². The minimum Gasteiger partial charge on any atom is -0.385 e. The second kappa shape index (κ2) is 10.4. The molecule has 0 saturated carbocycles. The van der Waals surface area contributed by atoms with Crippen LogP contribution in [0, 0.1) is 22.6 Å². The van der Waals surface area contributed by atoms with Crippen LogP contribution in [0.15, 0.2) is 36.4 Å². The molecule has 2 aromatic carbocycles. The van der Waals surface area contributed by atoms with Crippen molar-refractivity contribution in [3.8, 4) is 6.07 Å². The number of alkyl halides is 3. The number of halogens is 7. The van der Waals surface area contributed by atoms with E-state index in [1.165, 1.54) is 36.4 Å². The van der Waals surface area contributed by atoms with Crippen molar-refractivity contribution in [2.75, 3.05) is 0 Å². The summed E-state index contributed by atoms with van der Waals surface area (Å²) in [5.41, 5.74) is -2.41. The molecule has 0 spiro atoms. The Bertz CT molecular complexity index is 1270. The van der Waals surface area contributed by atoms with Crippen molar-refractivity contribution in [3.63, 3.8) is 0 Å². The quantitative estimate of drug-likeness (QED) is 0.247. The van der Waals surface area contributed by atoms with Gasteiger partial charge >= 0.3 is 18.1 Å². The molecule has 4 atom stereocenters. The summed E-state index contributed by atoms with van der Waals surface area (Å²) in [6.07, 6.45) is -5.27. The lowest BCUT2D eigenvalue weighted by Crippen LogP contribution is -2.44. The number of benzene rings is 2. The molecular formula is C25H21Cl3F4N2O3. The Morgan fingerprint density at radius 1 is 1.11 bits per heavy atom. The number of nitrogens with one attached hydrogen (secondary N) is 1. The summed E-state index contributed by atoms with van der Waals surface area (Å²) < 4.78 is 58.3. The number of esters is 2. The van der Waals surface area contributed by atoms with Crippen LogP contribution in [0.4, 0.5) is 17.6 Å². The first-order valence-corrected chi connectivity index (χ1v) is 12.1. The van der Waals surface area contributed by atoms with Gasteiger partial charge < -0.3 is 4.74 Å². The third-order valence-electron chi connectivity index (χ3n) is 6.13. The van der Waals surface area contributed by atoms with Gasteiger partial charge in [0.1, 0.15) is 17.3 Å². The lowest BCUT2D eigenvalue weighted by atomic mass is 9.63. The molecule has 2 aromatic rings. The van der Waals surface area contributed by atoms with Gasteiger partial charge in [-0.05, 0) is 41.2 Å². The number of nitrogens with zero attached hydrogens (tertiary/aromatic N) is 1. The number of hydrogen-bond donors (Lipinski definition) is 1. The van der Waals surface area contributed by atoms with E-state index in [0.29, 0.717) is 0 Å². The van der Waals surface area contributed by atoms with Crippen molar-refractivity contribution < 1.29 is 31.9 Å². The van der Waals surface area contributed by atoms with Gasteiger partial charge in [0.25, 0.3) is 0 Å². The molecule has 1 saturated heterocycles. The van der Waals surface area contributed by atoms with Crippen LogP contribution >= 0.6 is 34.8 Å². The number of nitriles is 1. The van der Waals surface area contributed by atoms with E-state index in [0.717, 1.165) is 0 Å². The van der Waals surface area contributed by atoms with Crippen LogP contribution in [0.5, 0.6) is 0 Å². The van der Waals surface area contributed by atoms with Gasteiger partial charge in [-0.25, -0.2) is 14.0 Å². The maximum Gasteiger partial charge on any atom is 0.491 e. The van der Waals surface area contributed by atoms with Crippen LogP contribution in [-0.2, 0) is 19.7 Å². The molecule has 37 heavy (non-hydrogen) atoms. The highest BCUT2D eigenvalue weighted by Gasteiger charge is 2.62. The van der Waals surface area contributed by atoms with Crippen molar-refractivity contribution in [2.24, 2.45) is 5.41 Å². The van der Waals surface area contributed by atoms with Crippen molar-refractivity contribution in [1.29, 1.82) is 5.26 Å². The molecule has 1 aliphatic heterocycles. The smallest absolute Gasteiger partial charge is 0.385 e. The molecule has 0 aromatic heterocycles. The molecule has 0 aliphatic carbocycles. The Kier molecular flexibility index (Phi) is 8.21. The topological polar surface area (TPSA) is 79.2 Å². The largest absolute Gasteiger partial charge is 0.491 e. The Balaban J connectivity index is 2.34. The predicted molar refractivity (Wildman–Crippen MR) is 130 cm³/mol. The van der Waals surface area contributed by atoms with E-state index in [1.54, 1.807) is 0 Å². The van der Waals surface area contributed by atoms with Gasteiger partial charge in [-0.15, -0.1) is 0 Å². The van der Waals surface area contributed by atoms with Crippen LogP contribution in [0.25, 0.3) is 0 Å². The van der Waals surface area contributed by atoms with Gasteiger partial charge in [-0.1, -0.05) is 73.8 Å². The minimum absolute atomic E-state index is 0.0163. The van der Waals surface area contributed by atoms with Gasteiger partial charge in [0.2, 0.25) is 0 Å². The molecule has 0 amide bonds. The summed E-state index contributed by atoms with van der Waals surface area (Å²) in [5.74, 6) is -6.86. The third kappa shape index (κ3) is 5.73. The Morgan fingerprint density at radius 3 is 2.30 bits per heavy atom. The van der Waals surface area contributed by atoms with Gasteiger partial charge in [0.05, 0.1) is 11.1 Å². The predicted octanol–water partition coefficient (Wildman–Crippen LogP) is 6.74. The molecule has 0 bridgehead atoms. The lowest BCUT2D eigenvalue weighted by Gasteiger charge is -2.37. The summed E-state index contributed by atoms with van der Waals surface area (Å²) >= 11 is 18.6. The number of carbonyl (C=O) groups excluding carboxylic acids is 2. The first-order chi connectivity index (χ1) is 17.0. The van der Waals surface area contributed by atoms with Crippen LogP contribution in [0.2, 0.25) is 15.1 Å². The van der Waals surface area contributed by atoms with E-state index in [4.69, 9.17) is 34.8 Å². The first-order valence-electron chi connectivity index (χ1n) is 10.9. The summed E-state index contributed by atoms with van der Waals surface area (Å²) in [5, 5.41) is 13.5. The fraction of sp³-hybridized carbons (Fsp3) is 0.400. The summed E-state index contributed by atoms with van der Waals surface area (Å²) in [6.45, 7) is 5.52. The van der Waals surface area contributed by atoms with E-state index in [-0.39, 0.29) is 32.6 Å². The molecule has 12 heteroatoms. The summed E-state index contributed by atoms with van der Waals surface area (Å²) in [6, 6.07) is 7.57. The Morgan fingerprint density at radius 2 is 1.76 bits per heavy atom. The number of ether oxygens (including phenoxy) is 1. The maximum atomic E-state index is 15.4. The average Bonchev–Trinajstić information content (AvgIpc) is 3.08. The normalized spacial score (nSPS) is 24.0. The lowest BCUT2D eigenvalue weighted by molar-refractivity contribution is -0.202. The second-order valence-electron chi connectivity index (χ2n) is 9.89. The number of rotatable bonds is 4. The average molecular weight is 580 g/mol. The molecule has 198 valence electrons. The van der Waals surface area contributed by atoms with E-state index in [1.807, 2.05) is 20.8 Å². The van der Waals surface area contributed by atoms with Gasteiger partial charge in [-0.2, -0.15) is 18.4 Å². The van der Waals surface area contributed by atoms with E-state index in [2.05, 4.69) is 16.1 Å². The molecule has 0 radical (unpaired) electrons. The standard InChI is InChI=1S/C25H21Cl3F4N2O3/c1-23(2,3)10-17-24(11-33,14-8-7-12(26)9-16(14)28)18(13-5-4-6-15(27)19(13)29)20(34-17)21(35)37-22(36)25(30,31)32/h4-9,17-18,20,34H,10H2,1-3H3/t17-,18-,20+,24-/m0/s1. The second-order valence-corrected chi connectivity index (χ2v) is 11.1. The van der Waals surface area contributed by atoms with Gasteiger partial charge in [-0.3, -0.25) is 5.32 Å². The first kappa shape index (κ1) is 29.2. The fourth-order valence-electron chi connectivity index (χ4n) is 4.75. The highest BCUT2D eigenvalue weighted by molar-refractivity contribution is 6.35. The molecule has 1 heterocycles.